The van der Waals surface area contributed by atoms with Crippen LogP contribution in [0.1, 0.15) is 18.9 Å². The molecule has 0 aliphatic rings. The number of benzene rings is 1. The first kappa shape index (κ1) is 15.8. The second-order valence-electron chi connectivity index (χ2n) is 5.22. The van der Waals surface area contributed by atoms with Crippen LogP contribution in [0.15, 0.2) is 41.5 Å². The number of fused-ring (bicyclic) bond motifs is 1. The zero-order valence-electron chi connectivity index (χ0n) is 13.4. The fourth-order valence-corrected chi connectivity index (χ4v) is 2.33. The Balaban J connectivity index is 1.91. The average molecular weight is 327 g/mol. The molecular weight excluding hydrogens is 310 g/mol. The molecule has 124 valence electrons. The molecule has 0 saturated carbocycles. The van der Waals surface area contributed by atoms with Gasteiger partial charge in [0.05, 0.1) is 25.2 Å². The third-order valence-electron chi connectivity index (χ3n) is 3.65. The number of esters is 1. The van der Waals surface area contributed by atoms with Crippen molar-refractivity contribution in [3.8, 4) is 11.5 Å². The Labute approximate surface area is 137 Å². The Morgan fingerprint density at radius 1 is 1.29 bits per heavy atom. The van der Waals surface area contributed by atoms with Gasteiger partial charge in [-0.25, -0.2) is 4.68 Å². The lowest BCUT2D eigenvalue weighted by Gasteiger charge is -2.06. The molecular formula is C17H17N3O4. The zero-order valence-corrected chi connectivity index (χ0v) is 13.4. The SMILES string of the molecule is CCC(=O)Oc1c[nH]c2c(cnn2Cc2ccc(OC)cc2)c1=O. The Hall–Kier alpha value is -3.09. The van der Waals surface area contributed by atoms with Crippen LogP contribution in [-0.4, -0.2) is 27.8 Å². The van der Waals surface area contributed by atoms with E-state index in [1.54, 1.807) is 18.7 Å². The quantitative estimate of drug-likeness (QED) is 0.725. The average Bonchev–Trinajstić information content (AvgIpc) is 3.01. The molecule has 0 amide bonds. The third kappa shape index (κ3) is 3.01. The molecule has 7 nitrogen and oxygen atoms in total. The first-order chi connectivity index (χ1) is 11.6. The topological polar surface area (TPSA) is 86.2 Å². The summed E-state index contributed by atoms with van der Waals surface area (Å²) in [7, 11) is 1.61. The minimum Gasteiger partial charge on any atom is -0.497 e. The molecule has 3 rings (SSSR count). The van der Waals surface area contributed by atoms with Crippen molar-refractivity contribution in [2.75, 3.05) is 7.11 Å². The lowest BCUT2D eigenvalue weighted by molar-refractivity contribution is -0.134. The van der Waals surface area contributed by atoms with E-state index in [0.717, 1.165) is 11.3 Å². The van der Waals surface area contributed by atoms with Crippen molar-refractivity contribution in [1.82, 2.24) is 14.8 Å². The van der Waals surface area contributed by atoms with Gasteiger partial charge in [-0.1, -0.05) is 19.1 Å². The number of H-pyrrole nitrogens is 1. The van der Waals surface area contributed by atoms with E-state index >= 15 is 0 Å². The highest BCUT2D eigenvalue weighted by atomic mass is 16.5. The minimum atomic E-state index is -0.453. The van der Waals surface area contributed by atoms with E-state index in [2.05, 4.69) is 10.1 Å². The first-order valence-electron chi connectivity index (χ1n) is 7.53. The van der Waals surface area contributed by atoms with Crippen LogP contribution in [-0.2, 0) is 11.3 Å². The van der Waals surface area contributed by atoms with Gasteiger partial charge in [0, 0.05) is 12.6 Å². The number of aromatic nitrogens is 3. The standard InChI is InChI=1S/C17H17N3O4/c1-3-15(21)24-14-9-18-17-13(16(14)22)8-19-20(17)10-11-4-6-12(23-2)7-5-11/h4-9H,3,10H2,1-2H3,(H,18,22). The number of ether oxygens (including phenoxy) is 2. The normalized spacial score (nSPS) is 10.8. The Kier molecular flexibility index (Phi) is 4.33. The van der Waals surface area contributed by atoms with Crippen LogP contribution in [0.2, 0.25) is 0 Å². The molecule has 0 unspecified atom stereocenters. The summed E-state index contributed by atoms with van der Waals surface area (Å²) >= 11 is 0. The maximum absolute atomic E-state index is 12.4. The van der Waals surface area contributed by atoms with Crippen molar-refractivity contribution in [2.45, 2.75) is 19.9 Å². The first-order valence-corrected chi connectivity index (χ1v) is 7.53. The van der Waals surface area contributed by atoms with Crippen molar-refractivity contribution >= 4 is 17.0 Å². The van der Waals surface area contributed by atoms with E-state index in [-0.39, 0.29) is 17.6 Å². The molecule has 0 atom stereocenters. The second kappa shape index (κ2) is 6.57. The van der Waals surface area contributed by atoms with Gasteiger partial charge in [0.2, 0.25) is 5.43 Å². The van der Waals surface area contributed by atoms with Gasteiger partial charge in [-0.05, 0) is 17.7 Å². The maximum Gasteiger partial charge on any atom is 0.311 e. The van der Waals surface area contributed by atoms with Gasteiger partial charge in [0.25, 0.3) is 0 Å². The molecule has 0 saturated heterocycles. The highest BCUT2D eigenvalue weighted by Gasteiger charge is 2.13. The van der Waals surface area contributed by atoms with E-state index in [0.29, 0.717) is 17.6 Å². The van der Waals surface area contributed by atoms with Crippen LogP contribution in [0.5, 0.6) is 11.5 Å². The van der Waals surface area contributed by atoms with Crippen LogP contribution in [0.25, 0.3) is 11.0 Å². The molecule has 0 spiro atoms. The van der Waals surface area contributed by atoms with Crippen molar-refractivity contribution in [3.63, 3.8) is 0 Å². The summed E-state index contributed by atoms with van der Waals surface area (Å²) in [4.78, 5) is 26.7. The molecule has 7 heteroatoms. The Morgan fingerprint density at radius 3 is 2.71 bits per heavy atom. The summed E-state index contributed by atoms with van der Waals surface area (Å²) in [6.45, 7) is 2.17. The molecule has 0 radical (unpaired) electrons. The summed E-state index contributed by atoms with van der Waals surface area (Å²) in [5.74, 6) is 0.309. The predicted octanol–water partition coefficient (Wildman–Crippen LogP) is 2.10. The highest BCUT2D eigenvalue weighted by molar-refractivity contribution is 5.78. The molecule has 24 heavy (non-hydrogen) atoms. The molecule has 2 aromatic heterocycles. The third-order valence-corrected chi connectivity index (χ3v) is 3.65. The van der Waals surface area contributed by atoms with Crippen LogP contribution < -0.4 is 14.9 Å². The summed E-state index contributed by atoms with van der Waals surface area (Å²) < 4.78 is 11.8. The van der Waals surface area contributed by atoms with E-state index in [1.807, 2.05) is 24.3 Å². The minimum absolute atomic E-state index is 0.0154. The molecule has 0 aliphatic carbocycles. The Bertz CT molecular complexity index is 925. The van der Waals surface area contributed by atoms with E-state index in [4.69, 9.17) is 9.47 Å². The number of rotatable bonds is 5. The van der Waals surface area contributed by atoms with Gasteiger partial charge in [-0.15, -0.1) is 0 Å². The van der Waals surface area contributed by atoms with Crippen LogP contribution >= 0.6 is 0 Å². The number of nitrogens with one attached hydrogen (secondary N) is 1. The van der Waals surface area contributed by atoms with E-state index < -0.39 is 5.97 Å². The molecule has 3 aromatic rings. The summed E-state index contributed by atoms with van der Waals surface area (Å²) in [5, 5.41) is 4.63. The number of nitrogens with zero attached hydrogens (tertiary/aromatic N) is 2. The number of methoxy groups -OCH3 is 1. The highest BCUT2D eigenvalue weighted by Crippen LogP contribution is 2.16. The maximum atomic E-state index is 12.4. The Morgan fingerprint density at radius 2 is 2.04 bits per heavy atom. The van der Waals surface area contributed by atoms with Crippen molar-refractivity contribution in [3.05, 3.63) is 52.4 Å². The number of hydrogen-bond donors (Lipinski definition) is 1. The van der Waals surface area contributed by atoms with Crippen LogP contribution in [0.4, 0.5) is 0 Å². The lowest BCUT2D eigenvalue weighted by atomic mass is 10.2. The van der Waals surface area contributed by atoms with Crippen molar-refractivity contribution in [2.24, 2.45) is 0 Å². The van der Waals surface area contributed by atoms with Gasteiger partial charge >= 0.3 is 5.97 Å². The number of aromatic amines is 1. The molecule has 0 fully saturated rings. The lowest BCUT2D eigenvalue weighted by Crippen LogP contribution is -2.14. The van der Waals surface area contributed by atoms with Gasteiger partial charge in [0.15, 0.2) is 5.75 Å². The zero-order chi connectivity index (χ0) is 17.1. The summed E-state index contributed by atoms with van der Waals surface area (Å²) in [6, 6.07) is 7.60. The largest absolute Gasteiger partial charge is 0.497 e. The molecule has 0 aliphatic heterocycles. The molecule has 0 bridgehead atoms. The van der Waals surface area contributed by atoms with E-state index in [9.17, 15) is 9.59 Å². The number of carbonyl (C=O) groups is 1. The number of hydrogen-bond acceptors (Lipinski definition) is 5. The number of carbonyl (C=O) groups excluding carboxylic acids is 1. The molecule has 2 heterocycles. The fourth-order valence-electron chi connectivity index (χ4n) is 2.33. The van der Waals surface area contributed by atoms with Gasteiger partial charge in [-0.2, -0.15) is 5.10 Å². The molecule has 1 N–H and O–H groups in total. The summed E-state index contributed by atoms with van der Waals surface area (Å²) in [6.07, 6.45) is 3.07. The van der Waals surface area contributed by atoms with Gasteiger partial charge in [-0.3, -0.25) is 9.59 Å². The summed E-state index contributed by atoms with van der Waals surface area (Å²) in [5.41, 5.74) is 1.24. The fraction of sp³-hybridized carbons (Fsp3) is 0.235. The monoisotopic (exact) mass is 327 g/mol. The van der Waals surface area contributed by atoms with E-state index in [1.165, 1.54) is 12.4 Å². The van der Waals surface area contributed by atoms with Crippen LogP contribution in [0, 0.1) is 0 Å². The second-order valence-corrected chi connectivity index (χ2v) is 5.22. The predicted molar refractivity (Wildman–Crippen MR) is 88.4 cm³/mol. The van der Waals surface area contributed by atoms with Crippen molar-refractivity contribution < 1.29 is 14.3 Å². The molecule has 1 aromatic carbocycles. The smallest absolute Gasteiger partial charge is 0.311 e. The van der Waals surface area contributed by atoms with Gasteiger partial charge < -0.3 is 14.5 Å². The van der Waals surface area contributed by atoms with Crippen molar-refractivity contribution in [1.29, 1.82) is 0 Å². The number of pyridine rings is 1. The van der Waals surface area contributed by atoms with Gasteiger partial charge in [0.1, 0.15) is 11.4 Å². The van der Waals surface area contributed by atoms with Crippen LogP contribution in [0.3, 0.4) is 0 Å².